The topological polar surface area (TPSA) is 68.2 Å². The van der Waals surface area contributed by atoms with Gasteiger partial charge in [-0.05, 0) is 39.1 Å². The molecule has 5 nitrogen and oxygen atoms in total. The molecule has 0 spiro atoms. The highest BCUT2D eigenvalue weighted by atomic mass is 35.5. The summed E-state index contributed by atoms with van der Waals surface area (Å²) < 4.78 is 19.7. The second kappa shape index (κ2) is 7.35. The lowest BCUT2D eigenvalue weighted by atomic mass is 9.98. The largest absolute Gasteiger partial charge is 0.337 e. The standard InChI is InChI=1S/C16H20ClFN4O.ClH/c1-22(2)13(12-10(17)6-5-7-11(12)18)14-20-15(21-23-14)16(19)8-3-4-9-16;/h5-7,13H,3-4,8-9,19H2,1-2H3;1H. The van der Waals surface area contributed by atoms with E-state index in [0.29, 0.717) is 22.3 Å². The summed E-state index contributed by atoms with van der Waals surface area (Å²) in [5, 5.41) is 4.38. The summed E-state index contributed by atoms with van der Waals surface area (Å²) >= 11 is 6.20. The third kappa shape index (κ3) is 3.42. The first-order chi connectivity index (χ1) is 10.9. The fraction of sp³-hybridized carbons (Fsp3) is 0.500. The molecule has 1 unspecified atom stereocenters. The van der Waals surface area contributed by atoms with Crippen molar-refractivity contribution in [3.8, 4) is 0 Å². The van der Waals surface area contributed by atoms with Crippen LogP contribution in [0.25, 0.3) is 0 Å². The van der Waals surface area contributed by atoms with Crippen molar-refractivity contribution in [1.82, 2.24) is 15.0 Å². The minimum absolute atomic E-state index is 0. The van der Waals surface area contributed by atoms with E-state index < -0.39 is 17.4 Å². The molecule has 0 saturated heterocycles. The Morgan fingerprint density at radius 2 is 2.00 bits per heavy atom. The summed E-state index contributed by atoms with van der Waals surface area (Å²) in [6.07, 6.45) is 3.77. The van der Waals surface area contributed by atoms with Crippen molar-refractivity contribution in [2.45, 2.75) is 37.3 Å². The second-order valence-corrected chi connectivity index (χ2v) is 6.73. The number of halogens is 3. The fourth-order valence-corrected chi connectivity index (χ4v) is 3.42. The zero-order chi connectivity index (χ0) is 16.6. The predicted octanol–water partition coefficient (Wildman–Crippen LogP) is 3.66. The van der Waals surface area contributed by atoms with Crippen LogP contribution < -0.4 is 5.73 Å². The van der Waals surface area contributed by atoms with Crippen LogP contribution in [0.1, 0.15) is 49.0 Å². The first-order valence-electron chi connectivity index (χ1n) is 7.66. The third-order valence-corrected chi connectivity index (χ3v) is 4.74. The molecule has 1 saturated carbocycles. The number of hydrogen-bond acceptors (Lipinski definition) is 5. The van der Waals surface area contributed by atoms with Crippen molar-refractivity contribution < 1.29 is 8.91 Å². The highest BCUT2D eigenvalue weighted by Gasteiger charge is 2.37. The maximum absolute atomic E-state index is 14.3. The number of hydrogen-bond donors (Lipinski definition) is 1. The van der Waals surface area contributed by atoms with Crippen LogP contribution >= 0.6 is 24.0 Å². The molecule has 1 fully saturated rings. The lowest BCUT2D eigenvalue weighted by Crippen LogP contribution is -2.34. The lowest BCUT2D eigenvalue weighted by Gasteiger charge is -2.22. The maximum atomic E-state index is 14.3. The molecule has 1 aliphatic rings. The van der Waals surface area contributed by atoms with Gasteiger partial charge in [0, 0.05) is 10.6 Å². The highest BCUT2D eigenvalue weighted by molar-refractivity contribution is 6.31. The van der Waals surface area contributed by atoms with Crippen molar-refractivity contribution in [3.63, 3.8) is 0 Å². The predicted molar refractivity (Wildman–Crippen MR) is 92.8 cm³/mol. The van der Waals surface area contributed by atoms with Crippen LogP contribution in [0.15, 0.2) is 22.7 Å². The van der Waals surface area contributed by atoms with Crippen molar-refractivity contribution >= 4 is 24.0 Å². The van der Waals surface area contributed by atoms with E-state index in [0.717, 1.165) is 25.7 Å². The van der Waals surface area contributed by atoms with Crippen LogP contribution in [0.3, 0.4) is 0 Å². The van der Waals surface area contributed by atoms with Gasteiger partial charge in [0.1, 0.15) is 11.9 Å². The van der Waals surface area contributed by atoms with Gasteiger partial charge in [-0.15, -0.1) is 12.4 Å². The molecule has 8 heteroatoms. The van der Waals surface area contributed by atoms with Crippen LogP contribution in [-0.2, 0) is 5.54 Å². The van der Waals surface area contributed by atoms with E-state index in [1.165, 1.54) is 6.07 Å². The van der Waals surface area contributed by atoms with Gasteiger partial charge in [0.05, 0.1) is 5.54 Å². The van der Waals surface area contributed by atoms with Crippen LogP contribution in [-0.4, -0.2) is 29.1 Å². The van der Waals surface area contributed by atoms with E-state index in [1.54, 1.807) is 17.0 Å². The molecule has 2 aromatic rings. The Kier molecular flexibility index (Phi) is 5.86. The molecule has 0 amide bonds. The quantitative estimate of drug-likeness (QED) is 0.883. The van der Waals surface area contributed by atoms with Gasteiger partial charge >= 0.3 is 0 Å². The van der Waals surface area contributed by atoms with Gasteiger partial charge in [0.25, 0.3) is 0 Å². The molecule has 1 aromatic heterocycles. The molecule has 0 radical (unpaired) electrons. The summed E-state index contributed by atoms with van der Waals surface area (Å²) in [7, 11) is 3.62. The first kappa shape index (κ1) is 19.1. The minimum Gasteiger partial charge on any atom is -0.337 e. The highest BCUT2D eigenvalue weighted by Crippen LogP contribution is 2.37. The molecule has 0 aliphatic heterocycles. The summed E-state index contributed by atoms with van der Waals surface area (Å²) in [5.74, 6) is 0.386. The summed E-state index contributed by atoms with van der Waals surface area (Å²) in [6, 6.07) is 4.03. The molecule has 1 aliphatic carbocycles. The molecular weight excluding hydrogens is 354 g/mol. The molecule has 3 rings (SSSR count). The number of aromatic nitrogens is 2. The van der Waals surface area contributed by atoms with E-state index in [-0.39, 0.29) is 12.4 Å². The minimum atomic E-state index is -0.560. The molecule has 1 heterocycles. The van der Waals surface area contributed by atoms with E-state index in [9.17, 15) is 4.39 Å². The van der Waals surface area contributed by atoms with Crippen molar-refractivity contribution in [2.24, 2.45) is 5.73 Å². The molecule has 132 valence electrons. The van der Waals surface area contributed by atoms with Gasteiger partial charge in [-0.2, -0.15) is 4.98 Å². The Bertz CT molecular complexity index is 681. The molecule has 1 aromatic carbocycles. The van der Waals surface area contributed by atoms with Gasteiger partial charge < -0.3 is 10.3 Å². The van der Waals surface area contributed by atoms with Crippen molar-refractivity contribution in [1.29, 1.82) is 0 Å². The van der Waals surface area contributed by atoms with Gasteiger partial charge in [-0.1, -0.05) is 35.7 Å². The molecule has 1 atom stereocenters. The number of nitrogens with zero attached hydrogens (tertiary/aromatic N) is 3. The van der Waals surface area contributed by atoms with Crippen LogP contribution in [0.4, 0.5) is 4.39 Å². The summed E-state index contributed by atoms with van der Waals surface area (Å²) in [5.41, 5.74) is 6.15. The fourth-order valence-electron chi connectivity index (χ4n) is 3.15. The summed E-state index contributed by atoms with van der Waals surface area (Å²) in [4.78, 5) is 6.27. The van der Waals surface area contributed by atoms with E-state index in [1.807, 2.05) is 14.1 Å². The van der Waals surface area contributed by atoms with E-state index in [4.69, 9.17) is 21.9 Å². The molecule has 0 bridgehead atoms. The number of nitrogens with two attached hydrogens (primary N) is 1. The van der Waals surface area contributed by atoms with Crippen molar-refractivity contribution in [3.05, 3.63) is 46.3 Å². The van der Waals surface area contributed by atoms with Gasteiger partial charge in [0.15, 0.2) is 5.82 Å². The zero-order valence-electron chi connectivity index (χ0n) is 13.6. The van der Waals surface area contributed by atoms with Crippen molar-refractivity contribution in [2.75, 3.05) is 14.1 Å². The average molecular weight is 375 g/mol. The molecule has 2 N–H and O–H groups in total. The summed E-state index contributed by atoms with van der Waals surface area (Å²) in [6.45, 7) is 0. The Labute approximate surface area is 151 Å². The van der Waals surface area contributed by atoms with Gasteiger partial charge in [-0.25, -0.2) is 4.39 Å². The normalized spacial score (nSPS) is 17.8. The smallest absolute Gasteiger partial charge is 0.248 e. The zero-order valence-corrected chi connectivity index (χ0v) is 15.2. The maximum Gasteiger partial charge on any atom is 0.248 e. The Hall–Kier alpha value is -1.21. The number of rotatable bonds is 4. The van der Waals surface area contributed by atoms with E-state index >= 15 is 0 Å². The van der Waals surface area contributed by atoms with Crippen LogP contribution in [0.5, 0.6) is 0 Å². The number of benzene rings is 1. The van der Waals surface area contributed by atoms with E-state index in [2.05, 4.69) is 10.1 Å². The molecular formula is C16H21Cl2FN4O. The molecule has 24 heavy (non-hydrogen) atoms. The SMILES string of the molecule is CN(C)C(c1nc(C2(N)CCCC2)no1)c1c(F)cccc1Cl.Cl. The second-order valence-electron chi connectivity index (χ2n) is 6.32. The monoisotopic (exact) mass is 374 g/mol. The Balaban J connectivity index is 0.00000208. The van der Waals surface area contributed by atoms with Gasteiger partial charge in [-0.3, -0.25) is 4.90 Å². The first-order valence-corrected chi connectivity index (χ1v) is 8.03. The Morgan fingerprint density at radius 3 is 2.58 bits per heavy atom. The lowest BCUT2D eigenvalue weighted by molar-refractivity contribution is 0.254. The Morgan fingerprint density at radius 1 is 1.33 bits per heavy atom. The van der Waals surface area contributed by atoms with Crippen LogP contribution in [0.2, 0.25) is 5.02 Å². The third-order valence-electron chi connectivity index (χ3n) is 4.41. The van der Waals surface area contributed by atoms with Gasteiger partial charge in [0.2, 0.25) is 5.89 Å². The average Bonchev–Trinajstić information content (AvgIpc) is 3.12. The van der Waals surface area contributed by atoms with Crippen LogP contribution in [0, 0.1) is 5.82 Å².